The normalized spacial score (nSPS) is 18.7. The third-order valence-electron chi connectivity index (χ3n) is 2.85. The number of anilines is 1. The highest BCUT2D eigenvalue weighted by Gasteiger charge is 2.26. The monoisotopic (exact) mass is 205 g/mol. The molecule has 0 saturated heterocycles. The molecule has 1 heterocycles. The van der Waals surface area contributed by atoms with Crippen molar-refractivity contribution in [1.82, 2.24) is 0 Å². The third-order valence-corrected chi connectivity index (χ3v) is 2.85. The lowest BCUT2D eigenvalue weighted by molar-refractivity contribution is -0.137. The molecular weight excluding hydrogens is 190 g/mol. The van der Waals surface area contributed by atoms with Crippen molar-refractivity contribution in [3.63, 3.8) is 0 Å². The van der Waals surface area contributed by atoms with E-state index >= 15 is 0 Å². The molecule has 15 heavy (non-hydrogen) atoms. The molecule has 0 amide bonds. The molecule has 1 aromatic rings. The predicted molar refractivity (Wildman–Crippen MR) is 59.3 cm³/mol. The van der Waals surface area contributed by atoms with Gasteiger partial charge >= 0.3 is 5.97 Å². The average Bonchev–Trinajstić information content (AvgIpc) is 2.59. The SMILES string of the molecule is CC(C)c1ccc2c(c1)CC(C(=O)O)N2. The van der Waals surface area contributed by atoms with Crippen molar-refractivity contribution in [2.75, 3.05) is 5.32 Å². The van der Waals surface area contributed by atoms with Gasteiger partial charge in [0.25, 0.3) is 0 Å². The Morgan fingerprint density at radius 2 is 2.27 bits per heavy atom. The van der Waals surface area contributed by atoms with Crippen LogP contribution in [-0.4, -0.2) is 17.1 Å². The maximum Gasteiger partial charge on any atom is 0.326 e. The summed E-state index contributed by atoms with van der Waals surface area (Å²) in [5.41, 5.74) is 3.35. The molecule has 2 rings (SSSR count). The van der Waals surface area contributed by atoms with E-state index in [2.05, 4.69) is 31.3 Å². The second-order valence-electron chi connectivity index (χ2n) is 4.31. The van der Waals surface area contributed by atoms with Crippen LogP contribution in [0.4, 0.5) is 5.69 Å². The Labute approximate surface area is 89.1 Å². The molecule has 3 heteroatoms. The summed E-state index contributed by atoms with van der Waals surface area (Å²) in [6.45, 7) is 4.28. The molecule has 0 fully saturated rings. The van der Waals surface area contributed by atoms with Gasteiger partial charge in [0.05, 0.1) is 0 Å². The van der Waals surface area contributed by atoms with E-state index in [1.165, 1.54) is 5.56 Å². The topological polar surface area (TPSA) is 49.3 Å². The summed E-state index contributed by atoms with van der Waals surface area (Å²) in [6.07, 6.45) is 0.589. The van der Waals surface area contributed by atoms with Crippen LogP contribution in [0, 0.1) is 0 Å². The number of hydrogen-bond donors (Lipinski definition) is 2. The van der Waals surface area contributed by atoms with Gasteiger partial charge in [-0.15, -0.1) is 0 Å². The lowest BCUT2D eigenvalue weighted by atomic mass is 9.99. The number of fused-ring (bicyclic) bond motifs is 1. The minimum atomic E-state index is -0.780. The van der Waals surface area contributed by atoms with Gasteiger partial charge in [-0.1, -0.05) is 26.0 Å². The summed E-state index contributed by atoms with van der Waals surface area (Å²) in [6, 6.07) is 5.69. The molecule has 1 atom stereocenters. The van der Waals surface area contributed by atoms with E-state index < -0.39 is 12.0 Å². The highest BCUT2D eigenvalue weighted by atomic mass is 16.4. The van der Waals surface area contributed by atoms with Crippen LogP contribution in [0.1, 0.15) is 30.9 Å². The van der Waals surface area contributed by atoms with E-state index in [0.29, 0.717) is 12.3 Å². The van der Waals surface area contributed by atoms with Crippen molar-refractivity contribution < 1.29 is 9.90 Å². The molecule has 1 aromatic carbocycles. The van der Waals surface area contributed by atoms with E-state index in [0.717, 1.165) is 11.3 Å². The van der Waals surface area contributed by atoms with Crippen LogP contribution in [0.15, 0.2) is 18.2 Å². The Morgan fingerprint density at radius 1 is 1.53 bits per heavy atom. The van der Waals surface area contributed by atoms with E-state index in [4.69, 9.17) is 5.11 Å². The first-order valence-corrected chi connectivity index (χ1v) is 5.20. The number of carbonyl (C=O) groups is 1. The van der Waals surface area contributed by atoms with Crippen molar-refractivity contribution >= 4 is 11.7 Å². The molecule has 1 aliphatic heterocycles. The minimum absolute atomic E-state index is 0.456. The molecule has 1 aliphatic rings. The van der Waals surface area contributed by atoms with Gasteiger partial charge in [0, 0.05) is 12.1 Å². The van der Waals surface area contributed by atoms with Crippen LogP contribution in [0.2, 0.25) is 0 Å². The molecule has 2 N–H and O–H groups in total. The molecule has 0 aliphatic carbocycles. The minimum Gasteiger partial charge on any atom is -0.480 e. The standard InChI is InChI=1S/C12H15NO2/c1-7(2)8-3-4-10-9(5-8)6-11(13-10)12(14)15/h3-5,7,11,13H,6H2,1-2H3,(H,14,15). The Hall–Kier alpha value is -1.51. The van der Waals surface area contributed by atoms with Crippen LogP contribution in [0.5, 0.6) is 0 Å². The summed E-state index contributed by atoms with van der Waals surface area (Å²) in [5, 5.41) is 11.9. The van der Waals surface area contributed by atoms with Crippen LogP contribution >= 0.6 is 0 Å². The number of carboxylic acids is 1. The fourth-order valence-corrected chi connectivity index (χ4v) is 1.89. The van der Waals surface area contributed by atoms with Gasteiger partial charge < -0.3 is 10.4 Å². The highest BCUT2D eigenvalue weighted by Crippen LogP contribution is 2.29. The van der Waals surface area contributed by atoms with E-state index in [1.807, 2.05) is 6.07 Å². The number of aliphatic carboxylic acids is 1. The second kappa shape index (κ2) is 3.57. The first-order valence-electron chi connectivity index (χ1n) is 5.20. The van der Waals surface area contributed by atoms with Crippen LogP contribution in [0.3, 0.4) is 0 Å². The highest BCUT2D eigenvalue weighted by molar-refractivity contribution is 5.81. The van der Waals surface area contributed by atoms with E-state index in [9.17, 15) is 4.79 Å². The Bertz CT molecular complexity index is 399. The maximum atomic E-state index is 10.8. The van der Waals surface area contributed by atoms with Gasteiger partial charge in [-0.3, -0.25) is 0 Å². The summed E-state index contributed by atoms with van der Waals surface area (Å²) >= 11 is 0. The van der Waals surface area contributed by atoms with Crippen molar-refractivity contribution in [3.05, 3.63) is 29.3 Å². The van der Waals surface area contributed by atoms with Gasteiger partial charge in [0.15, 0.2) is 0 Å². The van der Waals surface area contributed by atoms with Crippen LogP contribution in [0.25, 0.3) is 0 Å². The number of carboxylic acid groups (broad SMARTS) is 1. The van der Waals surface area contributed by atoms with Gasteiger partial charge in [0.1, 0.15) is 6.04 Å². The largest absolute Gasteiger partial charge is 0.480 e. The molecule has 0 saturated carbocycles. The third kappa shape index (κ3) is 1.82. The Kier molecular flexibility index (Phi) is 2.39. The van der Waals surface area contributed by atoms with Gasteiger partial charge in [-0.25, -0.2) is 4.79 Å². The van der Waals surface area contributed by atoms with E-state index in [-0.39, 0.29) is 0 Å². The summed E-state index contributed by atoms with van der Waals surface area (Å²) in [7, 11) is 0. The lowest BCUT2D eigenvalue weighted by Gasteiger charge is -2.07. The smallest absolute Gasteiger partial charge is 0.326 e. The first kappa shape index (κ1) is 10.0. The maximum absolute atomic E-state index is 10.8. The van der Waals surface area contributed by atoms with Gasteiger partial charge in [0.2, 0.25) is 0 Å². The Balaban J connectivity index is 2.27. The number of rotatable bonds is 2. The van der Waals surface area contributed by atoms with Crippen LogP contribution in [-0.2, 0) is 11.2 Å². The molecule has 3 nitrogen and oxygen atoms in total. The van der Waals surface area contributed by atoms with Gasteiger partial charge in [-0.05, 0) is 23.1 Å². The first-order chi connectivity index (χ1) is 7.08. The molecule has 0 aromatic heterocycles. The fraction of sp³-hybridized carbons (Fsp3) is 0.417. The van der Waals surface area contributed by atoms with E-state index in [1.54, 1.807) is 0 Å². The molecule has 0 spiro atoms. The fourth-order valence-electron chi connectivity index (χ4n) is 1.89. The van der Waals surface area contributed by atoms with Gasteiger partial charge in [-0.2, -0.15) is 0 Å². The average molecular weight is 205 g/mol. The summed E-state index contributed by atoms with van der Waals surface area (Å²) in [5.74, 6) is -0.295. The zero-order valence-corrected chi connectivity index (χ0v) is 8.95. The van der Waals surface area contributed by atoms with Crippen molar-refractivity contribution in [2.24, 2.45) is 0 Å². The van der Waals surface area contributed by atoms with Crippen molar-refractivity contribution in [3.8, 4) is 0 Å². The zero-order valence-electron chi connectivity index (χ0n) is 8.95. The molecule has 0 radical (unpaired) electrons. The molecular formula is C12H15NO2. The molecule has 0 bridgehead atoms. The zero-order chi connectivity index (χ0) is 11.0. The van der Waals surface area contributed by atoms with Crippen molar-refractivity contribution in [2.45, 2.75) is 32.2 Å². The Morgan fingerprint density at radius 3 is 2.87 bits per heavy atom. The van der Waals surface area contributed by atoms with Crippen molar-refractivity contribution in [1.29, 1.82) is 0 Å². The lowest BCUT2D eigenvalue weighted by Crippen LogP contribution is -2.26. The molecule has 1 unspecified atom stereocenters. The summed E-state index contributed by atoms with van der Waals surface area (Å²) in [4.78, 5) is 10.8. The predicted octanol–water partition coefficient (Wildman–Crippen LogP) is 2.23. The number of hydrogen-bond acceptors (Lipinski definition) is 2. The molecule has 80 valence electrons. The summed E-state index contributed by atoms with van der Waals surface area (Å²) < 4.78 is 0. The number of nitrogens with one attached hydrogen (secondary N) is 1. The quantitative estimate of drug-likeness (QED) is 0.778. The van der Waals surface area contributed by atoms with Crippen LogP contribution < -0.4 is 5.32 Å². The second-order valence-corrected chi connectivity index (χ2v) is 4.31. The number of benzene rings is 1.